The van der Waals surface area contributed by atoms with Gasteiger partial charge in [0, 0.05) is 12.6 Å². The number of rotatable bonds is 3. The molecule has 0 aromatic carbocycles. The van der Waals surface area contributed by atoms with E-state index in [0.29, 0.717) is 6.04 Å². The Bertz CT molecular complexity index is 487. The van der Waals surface area contributed by atoms with E-state index in [2.05, 4.69) is 39.8 Å². The van der Waals surface area contributed by atoms with E-state index in [1.54, 1.807) is 11.3 Å². The molecule has 1 aliphatic heterocycles. The fraction of sp³-hybridized carbons (Fsp3) is 0.462. The third-order valence-corrected chi connectivity index (χ3v) is 3.94. The highest BCUT2D eigenvalue weighted by atomic mass is 32.1. The minimum Gasteiger partial charge on any atom is -0.370 e. The Kier molecular flexibility index (Phi) is 2.89. The van der Waals surface area contributed by atoms with Crippen LogP contribution in [0.3, 0.4) is 0 Å². The van der Waals surface area contributed by atoms with Gasteiger partial charge in [-0.05, 0) is 35.2 Å². The molecule has 0 fully saturated rings. The van der Waals surface area contributed by atoms with Crippen LogP contribution in [0.25, 0.3) is 0 Å². The van der Waals surface area contributed by atoms with Crippen LogP contribution in [-0.2, 0) is 6.42 Å². The van der Waals surface area contributed by atoms with Crippen molar-refractivity contribution in [2.75, 3.05) is 11.9 Å². The average molecular weight is 247 g/mol. The lowest BCUT2D eigenvalue weighted by Crippen LogP contribution is -2.23. The molecular formula is C13H17N3S. The molecule has 0 saturated carbocycles. The summed E-state index contributed by atoms with van der Waals surface area (Å²) in [7, 11) is 0. The molecule has 90 valence electrons. The van der Waals surface area contributed by atoms with E-state index in [-0.39, 0.29) is 0 Å². The molecule has 0 amide bonds. The maximum absolute atomic E-state index is 4.74. The Morgan fingerprint density at radius 1 is 1.59 bits per heavy atom. The van der Waals surface area contributed by atoms with Crippen LogP contribution in [-0.4, -0.2) is 16.3 Å². The van der Waals surface area contributed by atoms with Crippen LogP contribution in [0, 0.1) is 0 Å². The number of aryl methyl sites for hydroxylation is 1. The second-order valence-electron chi connectivity index (χ2n) is 4.50. The Balaban J connectivity index is 1.96. The zero-order valence-corrected chi connectivity index (χ0v) is 10.8. The van der Waals surface area contributed by atoms with Gasteiger partial charge >= 0.3 is 0 Å². The van der Waals surface area contributed by atoms with Gasteiger partial charge in [0.2, 0.25) is 0 Å². The van der Waals surface area contributed by atoms with E-state index >= 15 is 0 Å². The predicted molar refractivity (Wildman–Crippen MR) is 71.8 cm³/mol. The number of aromatic nitrogens is 2. The monoisotopic (exact) mass is 247 g/mol. The molecular weight excluding hydrogens is 230 g/mol. The van der Waals surface area contributed by atoms with Crippen LogP contribution in [0.15, 0.2) is 22.9 Å². The summed E-state index contributed by atoms with van der Waals surface area (Å²) in [6.45, 7) is 3.24. The second kappa shape index (κ2) is 4.53. The first kappa shape index (κ1) is 10.8. The van der Waals surface area contributed by atoms with Gasteiger partial charge in [-0.3, -0.25) is 0 Å². The van der Waals surface area contributed by atoms with Crippen LogP contribution in [0.2, 0.25) is 0 Å². The summed E-state index contributed by atoms with van der Waals surface area (Å²) >= 11 is 1.76. The summed E-state index contributed by atoms with van der Waals surface area (Å²) < 4.78 is 2.16. The third kappa shape index (κ3) is 1.97. The zero-order chi connectivity index (χ0) is 11.7. The second-order valence-corrected chi connectivity index (χ2v) is 5.28. The maximum Gasteiger partial charge on any atom is 0.125 e. The van der Waals surface area contributed by atoms with E-state index < -0.39 is 0 Å². The van der Waals surface area contributed by atoms with Gasteiger partial charge < -0.3 is 5.32 Å². The molecule has 0 saturated heterocycles. The molecule has 3 rings (SSSR count). The number of fused-ring (bicyclic) bond motifs is 1. The number of hydrogen-bond acceptors (Lipinski definition) is 3. The molecule has 0 bridgehead atoms. The molecule has 3 nitrogen and oxygen atoms in total. The summed E-state index contributed by atoms with van der Waals surface area (Å²) in [6.07, 6.45) is 3.34. The number of nitrogens with zero attached hydrogens (tertiary/aromatic N) is 2. The van der Waals surface area contributed by atoms with Gasteiger partial charge in [0.1, 0.15) is 5.82 Å². The molecule has 0 radical (unpaired) electrons. The van der Waals surface area contributed by atoms with Crippen molar-refractivity contribution in [1.29, 1.82) is 0 Å². The first-order chi connectivity index (χ1) is 8.38. The minimum atomic E-state index is 0.420. The van der Waals surface area contributed by atoms with Crippen molar-refractivity contribution >= 4 is 17.2 Å². The highest BCUT2D eigenvalue weighted by Crippen LogP contribution is 2.31. The van der Waals surface area contributed by atoms with Crippen LogP contribution in [0.5, 0.6) is 0 Å². The zero-order valence-electron chi connectivity index (χ0n) is 10.0. The molecule has 1 unspecified atom stereocenters. The third-order valence-electron chi connectivity index (χ3n) is 3.24. The molecule has 2 aromatic rings. The number of anilines is 1. The van der Waals surface area contributed by atoms with Crippen LogP contribution in [0.4, 0.5) is 5.82 Å². The van der Waals surface area contributed by atoms with E-state index in [0.717, 1.165) is 25.8 Å². The molecule has 2 aromatic heterocycles. The molecule has 3 heterocycles. The van der Waals surface area contributed by atoms with Crippen molar-refractivity contribution in [3.05, 3.63) is 34.2 Å². The Labute approximate surface area is 105 Å². The molecule has 17 heavy (non-hydrogen) atoms. The number of nitrogens with one attached hydrogen (secondary N) is 1. The van der Waals surface area contributed by atoms with E-state index in [9.17, 15) is 0 Å². The molecule has 0 aliphatic carbocycles. The normalized spacial score (nSPS) is 18.8. The summed E-state index contributed by atoms with van der Waals surface area (Å²) in [5.41, 5.74) is 2.60. The lowest BCUT2D eigenvalue weighted by atomic mass is 10.1. The summed E-state index contributed by atoms with van der Waals surface area (Å²) in [5.74, 6) is 1.18. The first-order valence-electron chi connectivity index (χ1n) is 6.23. The van der Waals surface area contributed by atoms with Crippen molar-refractivity contribution < 1.29 is 0 Å². The highest BCUT2D eigenvalue weighted by molar-refractivity contribution is 7.07. The van der Waals surface area contributed by atoms with Crippen LogP contribution >= 0.6 is 11.3 Å². The fourth-order valence-corrected chi connectivity index (χ4v) is 3.13. The van der Waals surface area contributed by atoms with E-state index in [4.69, 9.17) is 5.10 Å². The lowest BCUT2D eigenvalue weighted by molar-refractivity contribution is 0.479. The van der Waals surface area contributed by atoms with E-state index in [1.165, 1.54) is 17.1 Å². The van der Waals surface area contributed by atoms with Crippen molar-refractivity contribution in [2.45, 2.75) is 32.2 Å². The first-order valence-corrected chi connectivity index (χ1v) is 7.17. The van der Waals surface area contributed by atoms with Gasteiger partial charge in [-0.2, -0.15) is 16.4 Å². The quantitative estimate of drug-likeness (QED) is 0.902. The van der Waals surface area contributed by atoms with Crippen LogP contribution in [0.1, 0.15) is 37.1 Å². The van der Waals surface area contributed by atoms with Gasteiger partial charge in [-0.15, -0.1) is 0 Å². The number of hydrogen-bond donors (Lipinski definition) is 1. The number of thiophene rings is 1. The van der Waals surface area contributed by atoms with Crippen LogP contribution < -0.4 is 5.32 Å². The smallest absolute Gasteiger partial charge is 0.125 e. The van der Waals surface area contributed by atoms with Crippen molar-refractivity contribution in [1.82, 2.24) is 9.78 Å². The topological polar surface area (TPSA) is 29.9 Å². The summed E-state index contributed by atoms with van der Waals surface area (Å²) in [5, 5.41) is 12.6. The predicted octanol–water partition coefficient (Wildman–Crippen LogP) is 3.30. The minimum absolute atomic E-state index is 0.420. The van der Waals surface area contributed by atoms with Gasteiger partial charge in [-0.25, -0.2) is 4.68 Å². The lowest BCUT2D eigenvalue weighted by Gasteiger charge is -2.25. The van der Waals surface area contributed by atoms with Gasteiger partial charge in [0.25, 0.3) is 0 Å². The summed E-state index contributed by atoms with van der Waals surface area (Å²) in [4.78, 5) is 0. The molecule has 1 atom stereocenters. The molecule has 1 aliphatic rings. The maximum atomic E-state index is 4.74. The standard InChI is InChI=1S/C13H17N3S/c1-2-3-11-8-13-14-6-4-12(16(13)15-11)10-5-7-17-9-10/h5,7-9,12,14H,2-4,6H2,1H3. The fourth-order valence-electron chi connectivity index (χ4n) is 2.42. The van der Waals surface area contributed by atoms with Gasteiger partial charge in [-0.1, -0.05) is 13.3 Å². The summed E-state index contributed by atoms with van der Waals surface area (Å²) in [6, 6.07) is 4.83. The van der Waals surface area contributed by atoms with Gasteiger partial charge in [0.05, 0.1) is 11.7 Å². The average Bonchev–Trinajstić information content (AvgIpc) is 2.97. The van der Waals surface area contributed by atoms with Crippen molar-refractivity contribution in [2.24, 2.45) is 0 Å². The van der Waals surface area contributed by atoms with E-state index in [1.807, 2.05) is 0 Å². The Hall–Kier alpha value is -1.29. The molecule has 4 heteroatoms. The van der Waals surface area contributed by atoms with Crippen molar-refractivity contribution in [3.8, 4) is 0 Å². The largest absolute Gasteiger partial charge is 0.370 e. The highest BCUT2D eigenvalue weighted by Gasteiger charge is 2.22. The SMILES string of the molecule is CCCc1cc2n(n1)C(c1ccsc1)CCN2. The van der Waals surface area contributed by atoms with Gasteiger partial charge in [0.15, 0.2) is 0 Å². The molecule has 0 spiro atoms. The molecule has 1 N–H and O–H groups in total. The Morgan fingerprint density at radius 2 is 2.53 bits per heavy atom. The Morgan fingerprint density at radius 3 is 3.29 bits per heavy atom. The van der Waals surface area contributed by atoms with Crippen molar-refractivity contribution in [3.63, 3.8) is 0 Å².